The maximum Gasteiger partial charge on any atom is 0.302 e. The highest BCUT2D eigenvalue weighted by Crippen LogP contribution is 2.63. The van der Waals surface area contributed by atoms with E-state index in [1.807, 2.05) is 6.08 Å². The Kier molecular flexibility index (Phi) is 6.39. The molecule has 0 spiro atoms. The molecule has 4 heteroatoms. The molecule has 0 amide bonds. The Hall–Kier alpha value is -1.55. The van der Waals surface area contributed by atoms with Gasteiger partial charge in [-0.25, -0.2) is 0 Å². The fourth-order valence-corrected chi connectivity index (χ4v) is 8.07. The molecule has 4 rings (SSSR count). The molecule has 0 saturated heterocycles. The molecule has 0 radical (unpaired) electrons. The molecule has 0 unspecified atom stereocenters. The third-order valence-electron chi connectivity index (χ3n) is 9.71. The second-order valence-electron chi connectivity index (χ2n) is 12.7. The van der Waals surface area contributed by atoms with Crippen molar-refractivity contribution in [2.75, 3.05) is 0 Å². The number of benzene rings is 1. The summed E-state index contributed by atoms with van der Waals surface area (Å²) in [6, 6.07) is 6.94. The minimum absolute atomic E-state index is 0.0284. The van der Waals surface area contributed by atoms with E-state index >= 15 is 0 Å². The van der Waals surface area contributed by atoms with Gasteiger partial charge in [0, 0.05) is 18.3 Å². The first-order chi connectivity index (χ1) is 15.4. The topological polar surface area (TPSA) is 35.5 Å². The molecule has 0 aliphatic heterocycles. The number of carbonyl (C=O) groups excluding carboxylic acids is 1. The Bertz CT molecular complexity index is 914. The number of allylic oxidation sites excluding steroid dienone is 1. The Morgan fingerprint density at radius 1 is 1.27 bits per heavy atom. The number of esters is 1. The molecule has 3 aliphatic rings. The SMILES string of the molecule is C=CC[C@@H]1C[C@H]2[C@@H]3CCc4cc(O[Si](C)(C)C(C)(C)C)ccc4[C@H]3CC[C@]2(C)[C@H]1OC(C)=O. The molecule has 1 aromatic carbocycles. The number of rotatable bonds is 5. The number of ether oxygens (including phenoxy) is 1. The summed E-state index contributed by atoms with van der Waals surface area (Å²) in [5.74, 6) is 3.23. The second-order valence-corrected chi connectivity index (χ2v) is 17.5. The first kappa shape index (κ1) is 24.6. The van der Waals surface area contributed by atoms with Crippen LogP contribution >= 0.6 is 0 Å². The molecule has 182 valence electrons. The van der Waals surface area contributed by atoms with Crippen LogP contribution in [0.25, 0.3) is 0 Å². The van der Waals surface area contributed by atoms with Crippen molar-refractivity contribution < 1.29 is 14.0 Å². The average Bonchev–Trinajstić information content (AvgIpc) is 2.98. The van der Waals surface area contributed by atoms with Crippen molar-refractivity contribution in [3.05, 3.63) is 42.0 Å². The molecule has 3 nitrogen and oxygen atoms in total. The molecule has 0 bridgehead atoms. The van der Waals surface area contributed by atoms with Crippen molar-refractivity contribution in [2.24, 2.45) is 23.2 Å². The van der Waals surface area contributed by atoms with Crippen molar-refractivity contribution in [2.45, 2.75) is 103 Å². The lowest BCUT2D eigenvalue weighted by Gasteiger charge is -2.50. The van der Waals surface area contributed by atoms with Gasteiger partial charge in [-0.05, 0) is 97.7 Å². The van der Waals surface area contributed by atoms with E-state index in [-0.39, 0.29) is 22.5 Å². The Morgan fingerprint density at radius 3 is 2.64 bits per heavy atom. The van der Waals surface area contributed by atoms with Crippen LogP contribution in [0.4, 0.5) is 0 Å². The van der Waals surface area contributed by atoms with Gasteiger partial charge >= 0.3 is 5.97 Å². The predicted octanol–water partition coefficient (Wildman–Crippen LogP) is 7.66. The standard InChI is InChI=1S/C29H44O3Si/c1-9-10-21-18-26-25-13-11-20-17-22(32-33(7,8)28(3,4)5)12-14-23(20)24(25)15-16-29(26,6)27(21)31-19(2)30/h9,12,14,17,21,24-27H,1,10-11,13,15-16,18H2,2-8H3/t21-,24-,25-,26+,27+,29+/m1/s1. The third-order valence-corrected chi connectivity index (χ3v) is 14.1. The van der Waals surface area contributed by atoms with Gasteiger partial charge in [0.25, 0.3) is 0 Å². The van der Waals surface area contributed by atoms with Crippen LogP contribution < -0.4 is 4.43 Å². The van der Waals surface area contributed by atoms with Gasteiger partial charge in [0.15, 0.2) is 0 Å². The third kappa shape index (κ3) is 4.33. The van der Waals surface area contributed by atoms with Crippen LogP contribution in [0.15, 0.2) is 30.9 Å². The van der Waals surface area contributed by atoms with E-state index in [4.69, 9.17) is 9.16 Å². The van der Waals surface area contributed by atoms with E-state index in [0.29, 0.717) is 23.7 Å². The van der Waals surface area contributed by atoms with Gasteiger partial charge in [0.05, 0.1) is 0 Å². The smallest absolute Gasteiger partial charge is 0.302 e. The van der Waals surface area contributed by atoms with E-state index in [1.54, 1.807) is 12.5 Å². The number of hydrogen-bond donors (Lipinski definition) is 0. The van der Waals surface area contributed by atoms with Crippen molar-refractivity contribution in [3.63, 3.8) is 0 Å². The summed E-state index contributed by atoms with van der Waals surface area (Å²) in [5, 5.41) is 0.199. The maximum atomic E-state index is 11.9. The fourth-order valence-electron chi connectivity index (χ4n) is 7.05. The van der Waals surface area contributed by atoms with Gasteiger partial charge in [-0.1, -0.05) is 39.8 Å². The molecule has 0 N–H and O–H groups in total. The van der Waals surface area contributed by atoms with Gasteiger partial charge in [-0.15, -0.1) is 6.58 Å². The molecule has 6 atom stereocenters. The lowest BCUT2D eigenvalue weighted by atomic mass is 9.55. The quantitative estimate of drug-likeness (QED) is 0.253. The zero-order chi connectivity index (χ0) is 24.2. The first-order valence-corrected chi connectivity index (χ1v) is 15.9. The Labute approximate surface area is 202 Å². The zero-order valence-electron chi connectivity index (χ0n) is 21.9. The van der Waals surface area contributed by atoms with E-state index < -0.39 is 8.32 Å². The van der Waals surface area contributed by atoms with E-state index in [1.165, 1.54) is 18.4 Å². The Balaban J connectivity index is 1.58. The minimum Gasteiger partial charge on any atom is -0.543 e. The van der Waals surface area contributed by atoms with Crippen LogP contribution in [-0.4, -0.2) is 20.4 Å². The zero-order valence-corrected chi connectivity index (χ0v) is 22.9. The largest absolute Gasteiger partial charge is 0.543 e. The van der Waals surface area contributed by atoms with Crippen LogP contribution in [0, 0.1) is 23.2 Å². The molecule has 0 heterocycles. The molecule has 1 aromatic rings. The van der Waals surface area contributed by atoms with Gasteiger partial charge < -0.3 is 9.16 Å². The van der Waals surface area contributed by atoms with Crippen LogP contribution in [0.2, 0.25) is 18.1 Å². The van der Waals surface area contributed by atoms with Crippen LogP contribution in [-0.2, 0) is 16.0 Å². The van der Waals surface area contributed by atoms with E-state index in [0.717, 1.165) is 31.4 Å². The summed E-state index contributed by atoms with van der Waals surface area (Å²) < 4.78 is 12.6. The van der Waals surface area contributed by atoms with E-state index in [2.05, 4.69) is 65.6 Å². The van der Waals surface area contributed by atoms with E-state index in [9.17, 15) is 4.79 Å². The van der Waals surface area contributed by atoms with Crippen LogP contribution in [0.5, 0.6) is 5.75 Å². The molecule has 0 aromatic heterocycles. The highest BCUT2D eigenvalue weighted by Gasteiger charge is 2.59. The number of hydrogen-bond acceptors (Lipinski definition) is 3. The van der Waals surface area contributed by atoms with Crippen molar-refractivity contribution >= 4 is 14.3 Å². The molecule has 2 saturated carbocycles. The molecular formula is C29H44O3Si. The highest BCUT2D eigenvalue weighted by molar-refractivity contribution is 6.74. The summed E-state index contributed by atoms with van der Waals surface area (Å²) >= 11 is 0. The summed E-state index contributed by atoms with van der Waals surface area (Å²) in [6.07, 6.45) is 8.81. The average molecular weight is 469 g/mol. The first-order valence-electron chi connectivity index (χ1n) is 13.0. The van der Waals surface area contributed by atoms with Crippen molar-refractivity contribution in [1.29, 1.82) is 0 Å². The van der Waals surface area contributed by atoms with Crippen molar-refractivity contribution in [1.82, 2.24) is 0 Å². The predicted molar refractivity (Wildman–Crippen MR) is 138 cm³/mol. The minimum atomic E-state index is -1.84. The van der Waals surface area contributed by atoms with Crippen molar-refractivity contribution in [3.8, 4) is 5.75 Å². The van der Waals surface area contributed by atoms with Crippen LogP contribution in [0.3, 0.4) is 0 Å². The molecular weight excluding hydrogens is 424 g/mol. The number of aryl methyl sites for hydroxylation is 1. The van der Waals surface area contributed by atoms with Gasteiger partial charge in [0.1, 0.15) is 11.9 Å². The summed E-state index contributed by atoms with van der Waals surface area (Å²) in [6.45, 7) is 19.5. The lowest BCUT2D eigenvalue weighted by Crippen LogP contribution is -2.46. The summed E-state index contributed by atoms with van der Waals surface area (Å²) in [5.41, 5.74) is 3.13. The molecule has 33 heavy (non-hydrogen) atoms. The normalized spacial score (nSPS) is 33.5. The monoisotopic (exact) mass is 468 g/mol. The number of fused-ring (bicyclic) bond motifs is 5. The molecule has 2 fully saturated rings. The summed E-state index contributed by atoms with van der Waals surface area (Å²) in [7, 11) is -1.84. The van der Waals surface area contributed by atoms with Gasteiger partial charge in [-0.2, -0.15) is 0 Å². The Morgan fingerprint density at radius 2 is 2.00 bits per heavy atom. The lowest BCUT2D eigenvalue weighted by molar-refractivity contribution is -0.157. The maximum absolute atomic E-state index is 11.9. The summed E-state index contributed by atoms with van der Waals surface area (Å²) in [4.78, 5) is 11.9. The van der Waals surface area contributed by atoms with Gasteiger partial charge in [-0.3, -0.25) is 4.79 Å². The highest BCUT2D eigenvalue weighted by atomic mass is 28.4. The number of carbonyl (C=O) groups is 1. The van der Waals surface area contributed by atoms with Crippen LogP contribution in [0.1, 0.15) is 83.8 Å². The van der Waals surface area contributed by atoms with Gasteiger partial charge in [0.2, 0.25) is 8.32 Å². The molecule has 3 aliphatic carbocycles. The second kappa shape index (κ2) is 8.59. The fraction of sp³-hybridized carbons (Fsp3) is 0.690.